The van der Waals surface area contributed by atoms with Gasteiger partial charge < -0.3 is 5.73 Å². The van der Waals surface area contributed by atoms with Gasteiger partial charge in [0.2, 0.25) is 0 Å². The lowest BCUT2D eigenvalue weighted by Gasteiger charge is -2.18. The lowest BCUT2D eigenvalue weighted by atomic mass is 10.1. The van der Waals surface area contributed by atoms with E-state index < -0.39 is 29.0 Å². The zero-order valence-corrected chi connectivity index (χ0v) is 10.6. The molecule has 0 aromatic heterocycles. The van der Waals surface area contributed by atoms with Crippen LogP contribution < -0.4 is 15.2 Å². The summed E-state index contributed by atoms with van der Waals surface area (Å²) in [6, 6.07) is 7.55. The molecule has 1 aromatic rings. The summed E-state index contributed by atoms with van der Waals surface area (Å²) in [5.41, 5.74) is 5.99. The molecular weight excluding hydrogens is 283 g/mol. The van der Waals surface area contributed by atoms with Crippen LogP contribution in [0.5, 0.6) is 0 Å². The van der Waals surface area contributed by atoms with Crippen LogP contribution in [0.2, 0.25) is 0 Å². The highest BCUT2D eigenvalue weighted by atomic mass is 32.2. The number of halogens is 3. The molecular formula is C10H14F3N3O2S. The maximum atomic E-state index is 11.9. The number of nitrogens with one attached hydrogen (secondary N) is 2. The second kappa shape index (κ2) is 6.33. The van der Waals surface area contributed by atoms with E-state index in [-0.39, 0.29) is 6.54 Å². The molecule has 1 atom stereocenters. The molecule has 9 heteroatoms. The van der Waals surface area contributed by atoms with Crippen LogP contribution in [0.1, 0.15) is 11.6 Å². The van der Waals surface area contributed by atoms with Gasteiger partial charge in [0, 0.05) is 6.54 Å². The zero-order valence-electron chi connectivity index (χ0n) is 9.81. The molecule has 0 bridgehead atoms. The molecule has 108 valence electrons. The number of benzene rings is 1. The Morgan fingerprint density at radius 3 is 2.26 bits per heavy atom. The number of alkyl halides is 3. The van der Waals surface area contributed by atoms with Crippen molar-refractivity contribution in [2.75, 3.05) is 13.1 Å². The Labute approximate surface area is 109 Å². The van der Waals surface area contributed by atoms with E-state index in [2.05, 4.69) is 4.72 Å². The predicted molar refractivity (Wildman–Crippen MR) is 64.4 cm³/mol. The fourth-order valence-corrected chi connectivity index (χ4v) is 2.39. The van der Waals surface area contributed by atoms with Crippen molar-refractivity contribution in [2.45, 2.75) is 12.2 Å². The van der Waals surface area contributed by atoms with E-state index in [1.54, 1.807) is 30.3 Å². The highest BCUT2D eigenvalue weighted by molar-refractivity contribution is 7.87. The SMILES string of the molecule is NCC(NS(=O)(=O)NCC(F)(F)F)c1ccccc1. The first kappa shape index (κ1) is 15.9. The monoisotopic (exact) mass is 297 g/mol. The highest BCUT2D eigenvalue weighted by Gasteiger charge is 2.30. The maximum Gasteiger partial charge on any atom is 0.402 e. The van der Waals surface area contributed by atoms with Gasteiger partial charge in [0.25, 0.3) is 10.2 Å². The Hall–Kier alpha value is -1.16. The summed E-state index contributed by atoms with van der Waals surface area (Å²) in [6.45, 7) is -1.70. The largest absolute Gasteiger partial charge is 0.402 e. The minimum absolute atomic E-state index is 0.0725. The third-order valence-electron chi connectivity index (χ3n) is 2.20. The molecule has 0 amide bonds. The van der Waals surface area contributed by atoms with E-state index in [9.17, 15) is 21.6 Å². The summed E-state index contributed by atoms with van der Waals surface area (Å²) >= 11 is 0. The first-order valence-corrected chi connectivity index (χ1v) is 6.80. The van der Waals surface area contributed by atoms with E-state index >= 15 is 0 Å². The molecule has 19 heavy (non-hydrogen) atoms. The molecule has 0 fully saturated rings. The van der Waals surface area contributed by atoms with Gasteiger partial charge in [0.15, 0.2) is 0 Å². The van der Waals surface area contributed by atoms with Crippen molar-refractivity contribution in [1.29, 1.82) is 0 Å². The summed E-state index contributed by atoms with van der Waals surface area (Å²) in [6.07, 6.45) is -4.61. The van der Waals surface area contributed by atoms with Gasteiger partial charge in [0.1, 0.15) is 6.54 Å². The van der Waals surface area contributed by atoms with E-state index in [0.717, 1.165) is 0 Å². The minimum atomic E-state index is -4.61. The van der Waals surface area contributed by atoms with Gasteiger partial charge in [-0.15, -0.1) is 0 Å². The van der Waals surface area contributed by atoms with Crippen LogP contribution in [0.15, 0.2) is 30.3 Å². The molecule has 1 rings (SSSR count). The highest BCUT2D eigenvalue weighted by Crippen LogP contribution is 2.14. The molecule has 0 aliphatic rings. The standard InChI is InChI=1S/C10H14F3N3O2S/c11-10(12,13)7-15-19(17,18)16-9(6-14)8-4-2-1-3-5-8/h1-5,9,15-16H,6-7,14H2. The Morgan fingerprint density at radius 2 is 1.79 bits per heavy atom. The van der Waals surface area contributed by atoms with Gasteiger partial charge in [-0.25, -0.2) is 0 Å². The van der Waals surface area contributed by atoms with Crippen molar-refractivity contribution in [3.8, 4) is 0 Å². The number of nitrogens with two attached hydrogens (primary N) is 1. The third-order valence-corrected chi connectivity index (χ3v) is 3.32. The van der Waals surface area contributed by atoms with Crippen molar-refractivity contribution in [3.05, 3.63) is 35.9 Å². The van der Waals surface area contributed by atoms with Crippen LogP contribution in [0.25, 0.3) is 0 Å². The van der Waals surface area contributed by atoms with E-state index in [4.69, 9.17) is 5.73 Å². The fraction of sp³-hybridized carbons (Fsp3) is 0.400. The fourth-order valence-electron chi connectivity index (χ4n) is 1.34. The van der Waals surface area contributed by atoms with E-state index in [1.165, 1.54) is 4.72 Å². The quantitative estimate of drug-likeness (QED) is 0.721. The maximum absolute atomic E-state index is 11.9. The van der Waals surface area contributed by atoms with Crippen LogP contribution >= 0.6 is 0 Å². The Morgan fingerprint density at radius 1 is 1.21 bits per heavy atom. The Bertz CT molecular complexity index is 490. The molecule has 5 nitrogen and oxygen atoms in total. The van der Waals surface area contributed by atoms with Gasteiger partial charge >= 0.3 is 6.18 Å². The predicted octanol–water partition coefficient (Wildman–Crippen LogP) is 0.673. The van der Waals surface area contributed by atoms with E-state index in [0.29, 0.717) is 5.56 Å². The second-order valence-corrected chi connectivity index (χ2v) is 5.29. The summed E-state index contributed by atoms with van der Waals surface area (Å²) < 4.78 is 62.2. The first-order valence-electron chi connectivity index (χ1n) is 5.32. The van der Waals surface area contributed by atoms with Crippen LogP contribution in [-0.4, -0.2) is 27.7 Å². The molecule has 0 saturated heterocycles. The van der Waals surface area contributed by atoms with Crippen molar-refractivity contribution < 1.29 is 21.6 Å². The summed E-state index contributed by atoms with van der Waals surface area (Å²) in [5, 5.41) is 0. The van der Waals surface area contributed by atoms with Gasteiger partial charge in [-0.2, -0.15) is 31.0 Å². The Balaban J connectivity index is 2.70. The number of hydrogen-bond acceptors (Lipinski definition) is 3. The molecule has 4 N–H and O–H groups in total. The Kier molecular flexibility index (Phi) is 5.29. The smallest absolute Gasteiger partial charge is 0.329 e. The molecule has 0 aliphatic carbocycles. The summed E-state index contributed by atoms with van der Waals surface area (Å²) in [5.74, 6) is 0. The number of rotatable bonds is 6. The third kappa shape index (κ3) is 6.01. The molecule has 1 aromatic carbocycles. The molecule has 0 aliphatic heterocycles. The average Bonchev–Trinajstić information content (AvgIpc) is 2.34. The first-order chi connectivity index (χ1) is 8.73. The van der Waals surface area contributed by atoms with Crippen molar-refractivity contribution in [3.63, 3.8) is 0 Å². The van der Waals surface area contributed by atoms with Crippen LogP contribution in [-0.2, 0) is 10.2 Å². The summed E-state index contributed by atoms with van der Waals surface area (Å²) in [4.78, 5) is 0. The van der Waals surface area contributed by atoms with Crippen molar-refractivity contribution in [1.82, 2.24) is 9.44 Å². The van der Waals surface area contributed by atoms with Crippen molar-refractivity contribution in [2.24, 2.45) is 5.73 Å². The molecule has 0 saturated carbocycles. The lowest BCUT2D eigenvalue weighted by molar-refractivity contribution is -0.121. The molecule has 0 heterocycles. The van der Waals surface area contributed by atoms with Gasteiger partial charge in [-0.1, -0.05) is 30.3 Å². The summed E-state index contributed by atoms with van der Waals surface area (Å²) in [7, 11) is -4.27. The van der Waals surface area contributed by atoms with Crippen molar-refractivity contribution >= 4 is 10.2 Å². The minimum Gasteiger partial charge on any atom is -0.329 e. The molecule has 0 radical (unpaired) electrons. The topological polar surface area (TPSA) is 84.2 Å². The van der Waals surface area contributed by atoms with E-state index in [1.807, 2.05) is 0 Å². The molecule has 1 unspecified atom stereocenters. The zero-order chi connectivity index (χ0) is 14.5. The van der Waals surface area contributed by atoms with Gasteiger partial charge in [0.05, 0.1) is 6.04 Å². The van der Waals surface area contributed by atoms with Crippen LogP contribution in [0.4, 0.5) is 13.2 Å². The molecule has 0 spiro atoms. The number of hydrogen-bond donors (Lipinski definition) is 3. The average molecular weight is 297 g/mol. The van der Waals surface area contributed by atoms with Crippen LogP contribution in [0, 0.1) is 0 Å². The second-order valence-electron chi connectivity index (χ2n) is 3.76. The normalized spacial score (nSPS) is 14.3. The lowest BCUT2D eigenvalue weighted by Crippen LogP contribution is -2.44. The van der Waals surface area contributed by atoms with Gasteiger partial charge in [-0.05, 0) is 5.56 Å². The van der Waals surface area contributed by atoms with Crippen LogP contribution in [0.3, 0.4) is 0 Å². The van der Waals surface area contributed by atoms with Gasteiger partial charge in [-0.3, -0.25) is 0 Å².